The van der Waals surface area contributed by atoms with Crippen LogP contribution in [0.3, 0.4) is 0 Å². The van der Waals surface area contributed by atoms with Gasteiger partial charge in [-0.25, -0.2) is 0 Å². The van der Waals surface area contributed by atoms with E-state index in [-0.39, 0.29) is 11.7 Å². The fourth-order valence-electron chi connectivity index (χ4n) is 2.30. The number of amides is 1. The fourth-order valence-corrected chi connectivity index (χ4v) is 2.30. The molecule has 1 heterocycles. The Balaban J connectivity index is 2.29. The molecule has 1 aliphatic heterocycles. The number of Topliss-reactive ketones (excluding diaryl/α,β-unsaturated/α-hetero) is 1. The maximum absolute atomic E-state index is 12.1. The molecule has 0 saturated carbocycles. The van der Waals surface area contributed by atoms with E-state index in [1.54, 1.807) is 4.90 Å². The number of hydrogen-bond acceptors (Lipinski definition) is 2. The monoisotopic (exact) mass is 245 g/mol. The number of hydrogen-bond donors (Lipinski definition) is 0. The highest BCUT2D eigenvalue weighted by Crippen LogP contribution is 2.28. The van der Waals surface area contributed by atoms with Gasteiger partial charge in [-0.2, -0.15) is 0 Å². The number of carbonyl (C=O) groups is 2. The predicted molar refractivity (Wildman–Crippen MR) is 72.0 cm³/mol. The summed E-state index contributed by atoms with van der Waals surface area (Å²) in [5.41, 5.74) is 2.55. The zero-order chi connectivity index (χ0) is 13.1. The number of aryl methyl sites for hydroxylation is 1. The minimum Gasteiger partial charge on any atom is -0.311 e. The van der Waals surface area contributed by atoms with Gasteiger partial charge in [0, 0.05) is 24.9 Å². The number of rotatable bonds is 3. The Hall–Kier alpha value is -1.64. The molecular weight excluding hydrogens is 226 g/mol. The lowest BCUT2D eigenvalue weighted by Crippen LogP contribution is -2.37. The summed E-state index contributed by atoms with van der Waals surface area (Å²) >= 11 is 0. The molecule has 0 saturated heterocycles. The average molecular weight is 245 g/mol. The van der Waals surface area contributed by atoms with E-state index in [0.717, 1.165) is 24.1 Å². The largest absolute Gasteiger partial charge is 0.311 e. The summed E-state index contributed by atoms with van der Waals surface area (Å²) in [4.78, 5) is 25.8. The highest BCUT2D eigenvalue weighted by molar-refractivity contribution is 6.08. The molecule has 0 atom stereocenters. The summed E-state index contributed by atoms with van der Waals surface area (Å²) in [5.74, 6) is 0.280. The van der Waals surface area contributed by atoms with Crippen LogP contribution in [0, 0.1) is 6.92 Å². The molecule has 2 rings (SSSR count). The minimum atomic E-state index is 0.134. The zero-order valence-electron chi connectivity index (χ0n) is 11.0. The number of nitrogens with zero attached hydrogens (tertiary/aromatic N) is 1. The molecule has 3 nitrogen and oxygen atoms in total. The van der Waals surface area contributed by atoms with Crippen molar-refractivity contribution in [1.29, 1.82) is 0 Å². The normalized spacial score (nSPS) is 14.6. The average Bonchev–Trinajstić information content (AvgIpc) is 2.37. The van der Waals surface area contributed by atoms with E-state index in [2.05, 4.69) is 6.92 Å². The van der Waals surface area contributed by atoms with Crippen LogP contribution >= 0.6 is 0 Å². The van der Waals surface area contributed by atoms with E-state index in [4.69, 9.17) is 0 Å². The van der Waals surface area contributed by atoms with Gasteiger partial charge in [0.1, 0.15) is 0 Å². The topological polar surface area (TPSA) is 37.4 Å². The van der Waals surface area contributed by atoms with Gasteiger partial charge in [-0.1, -0.05) is 25.0 Å². The lowest BCUT2D eigenvalue weighted by atomic mass is 9.98. The third-order valence-electron chi connectivity index (χ3n) is 3.35. The molecule has 3 heteroatoms. The van der Waals surface area contributed by atoms with Crippen LogP contribution < -0.4 is 4.90 Å². The second-order valence-electron chi connectivity index (χ2n) is 4.84. The van der Waals surface area contributed by atoms with Crippen molar-refractivity contribution in [2.24, 2.45) is 0 Å². The fraction of sp³-hybridized carbons (Fsp3) is 0.467. The third-order valence-corrected chi connectivity index (χ3v) is 3.35. The molecular formula is C15H19NO2. The van der Waals surface area contributed by atoms with Crippen molar-refractivity contribution in [3.05, 3.63) is 29.3 Å². The molecule has 1 aromatic rings. The summed E-state index contributed by atoms with van der Waals surface area (Å²) < 4.78 is 0. The molecule has 1 amide bonds. The maximum Gasteiger partial charge on any atom is 0.227 e. The Kier molecular flexibility index (Phi) is 3.80. The van der Waals surface area contributed by atoms with Gasteiger partial charge < -0.3 is 4.90 Å². The van der Waals surface area contributed by atoms with Crippen LogP contribution in [0.15, 0.2) is 18.2 Å². The molecule has 96 valence electrons. The summed E-state index contributed by atoms with van der Waals surface area (Å²) in [5, 5.41) is 0. The van der Waals surface area contributed by atoms with E-state index in [0.29, 0.717) is 24.9 Å². The molecule has 0 fully saturated rings. The van der Waals surface area contributed by atoms with E-state index >= 15 is 0 Å². The molecule has 0 N–H and O–H groups in total. The Morgan fingerprint density at radius 3 is 2.89 bits per heavy atom. The Labute approximate surface area is 108 Å². The number of unbranched alkanes of at least 4 members (excludes halogenated alkanes) is 1. The highest BCUT2D eigenvalue weighted by atomic mass is 16.2. The highest BCUT2D eigenvalue weighted by Gasteiger charge is 2.26. The molecule has 0 bridgehead atoms. The van der Waals surface area contributed by atoms with Crippen LogP contribution in [0.25, 0.3) is 0 Å². The van der Waals surface area contributed by atoms with Crippen molar-refractivity contribution >= 4 is 17.4 Å². The Morgan fingerprint density at radius 1 is 1.39 bits per heavy atom. The second-order valence-corrected chi connectivity index (χ2v) is 4.84. The first-order valence-corrected chi connectivity index (χ1v) is 6.57. The summed E-state index contributed by atoms with van der Waals surface area (Å²) in [6.45, 7) is 4.56. The first kappa shape index (κ1) is 12.8. The van der Waals surface area contributed by atoms with Gasteiger partial charge in [0.05, 0.1) is 5.69 Å². The molecule has 0 unspecified atom stereocenters. The number of fused-ring (bicyclic) bond motifs is 1. The van der Waals surface area contributed by atoms with Crippen molar-refractivity contribution in [2.45, 2.75) is 39.5 Å². The minimum absolute atomic E-state index is 0.134. The molecule has 0 spiro atoms. The Morgan fingerprint density at radius 2 is 2.17 bits per heavy atom. The number of anilines is 1. The first-order valence-electron chi connectivity index (χ1n) is 6.57. The molecule has 18 heavy (non-hydrogen) atoms. The zero-order valence-corrected chi connectivity index (χ0v) is 11.0. The molecule has 1 aromatic carbocycles. The van der Waals surface area contributed by atoms with Gasteiger partial charge in [0.25, 0.3) is 0 Å². The summed E-state index contributed by atoms with van der Waals surface area (Å²) in [7, 11) is 0. The van der Waals surface area contributed by atoms with Gasteiger partial charge in [-0.05, 0) is 25.5 Å². The molecule has 1 aliphatic rings. The van der Waals surface area contributed by atoms with Crippen LogP contribution in [0.1, 0.15) is 48.5 Å². The third kappa shape index (κ3) is 2.45. The number of carbonyl (C=O) groups excluding carboxylic acids is 2. The van der Waals surface area contributed by atoms with Crippen molar-refractivity contribution in [3.8, 4) is 0 Å². The van der Waals surface area contributed by atoms with Crippen molar-refractivity contribution in [2.75, 3.05) is 11.4 Å². The van der Waals surface area contributed by atoms with E-state index in [9.17, 15) is 9.59 Å². The van der Waals surface area contributed by atoms with Gasteiger partial charge in [0.2, 0.25) is 5.91 Å². The quantitative estimate of drug-likeness (QED) is 0.820. The van der Waals surface area contributed by atoms with Crippen molar-refractivity contribution < 1.29 is 9.59 Å². The summed E-state index contributed by atoms with van der Waals surface area (Å²) in [6.07, 6.45) is 2.93. The smallest absolute Gasteiger partial charge is 0.227 e. The van der Waals surface area contributed by atoms with Crippen LogP contribution in [-0.2, 0) is 4.79 Å². The van der Waals surface area contributed by atoms with Crippen LogP contribution in [0.5, 0.6) is 0 Å². The van der Waals surface area contributed by atoms with E-state index in [1.165, 1.54) is 0 Å². The van der Waals surface area contributed by atoms with Crippen LogP contribution in [0.4, 0.5) is 5.69 Å². The molecule has 0 aliphatic carbocycles. The van der Waals surface area contributed by atoms with Crippen LogP contribution in [-0.4, -0.2) is 18.2 Å². The van der Waals surface area contributed by atoms with E-state index < -0.39 is 0 Å². The second kappa shape index (κ2) is 5.34. The van der Waals surface area contributed by atoms with Gasteiger partial charge in [0.15, 0.2) is 5.78 Å². The summed E-state index contributed by atoms with van der Waals surface area (Å²) in [6, 6.07) is 5.74. The lowest BCUT2D eigenvalue weighted by Gasteiger charge is -2.29. The molecule has 0 aromatic heterocycles. The molecule has 0 radical (unpaired) electrons. The standard InChI is InChI=1S/C15H19NO2/c1-3-4-5-15(18)16-9-8-14(17)12-10-11(2)6-7-13(12)16/h6-7,10H,3-5,8-9H2,1-2H3. The first-order chi connectivity index (χ1) is 8.63. The van der Waals surface area contributed by atoms with Gasteiger partial charge in [-0.15, -0.1) is 0 Å². The lowest BCUT2D eigenvalue weighted by molar-refractivity contribution is -0.118. The van der Waals surface area contributed by atoms with Crippen LogP contribution in [0.2, 0.25) is 0 Å². The van der Waals surface area contributed by atoms with Gasteiger partial charge in [-0.3, -0.25) is 9.59 Å². The number of ketones is 1. The Bertz CT molecular complexity index is 479. The van der Waals surface area contributed by atoms with Gasteiger partial charge >= 0.3 is 0 Å². The number of benzene rings is 1. The SMILES string of the molecule is CCCCC(=O)N1CCC(=O)c2cc(C)ccc21. The maximum atomic E-state index is 12.1. The van der Waals surface area contributed by atoms with E-state index in [1.807, 2.05) is 25.1 Å². The predicted octanol–water partition coefficient (Wildman–Crippen LogP) is 3.10. The van der Waals surface area contributed by atoms with Crippen molar-refractivity contribution in [1.82, 2.24) is 0 Å². The van der Waals surface area contributed by atoms with Crippen molar-refractivity contribution in [3.63, 3.8) is 0 Å².